The normalized spacial score (nSPS) is 10.8. The zero-order valence-electron chi connectivity index (χ0n) is 10.9. The van der Waals surface area contributed by atoms with E-state index in [1.165, 1.54) is 0 Å². The van der Waals surface area contributed by atoms with Crippen LogP contribution in [0.3, 0.4) is 0 Å². The molecule has 0 atom stereocenters. The summed E-state index contributed by atoms with van der Waals surface area (Å²) >= 11 is 0. The van der Waals surface area contributed by atoms with E-state index in [2.05, 4.69) is 20.6 Å². The Morgan fingerprint density at radius 3 is 3.00 bits per heavy atom. The number of nitrogens with one attached hydrogen (secondary N) is 1. The van der Waals surface area contributed by atoms with Gasteiger partial charge in [-0.3, -0.25) is 0 Å². The highest BCUT2D eigenvalue weighted by Gasteiger charge is 2.09. The number of hydrogen-bond acceptors (Lipinski definition) is 5. The van der Waals surface area contributed by atoms with Gasteiger partial charge in [0.1, 0.15) is 11.5 Å². The minimum Gasteiger partial charge on any atom is -0.396 e. The Balaban J connectivity index is 1.92. The SMILES string of the molecule is OCCCNc1cccc(-c2nnn3ccccc23)n1. The van der Waals surface area contributed by atoms with Crippen molar-refractivity contribution in [3.05, 3.63) is 42.6 Å². The maximum absolute atomic E-state index is 8.79. The van der Waals surface area contributed by atoms with E-state index < -0.39 is 0 Å². The molecule has 0 spiro atoms. The predicted molar refractivity (Wildman–Crippen MR) is 76.4 cm³/mol. The topological polar surface area (TPSA) is 75.3 Å². The van der Waals surface area contributed by atoms with Crippen LogP contribution in [-0.4, -0.2) is 38.1 Å². The predicted octanol–water partition coefficient (Wildman–Crippen LogP) is 1.59. The van der Waals surface area contributed by atoms with Gasteiger partial charge in [-0.15, -0.1) is 5.10 Å². The van der Waals surface area contributed by atoms with Crippen LogP contribution in [0, 0.1) is 0 Å². The van der Waals surface area contributed by atoms with E-state index in [1.807, 2.05) is 42.6 Å². The fraction of sp³-hybridized carbons (Fsp3) is 0.214. The first-order chi connectivity index (χ1) is 9.88. The van der Waals surface area contributed by atoms with E-state index in [4.69, 9.17) is 5.11 Å². The average Bonchev–Trinajstić information content (AvgIpc) is 2.92. The highest BCUT2D eigenvalue weighted by molar-refractivity contribution is 5.74. The van der Waals surface area contributed by atoms with Crippen LogP contribution in [0.2, 0.25) is 0 Å². The number of rotatable bonds is 5. The van der Waals surface area contributed by atoms with E-state index in [0.717, 1.165) is 22.7 Å². The molecule has 0 aliphatic rings. The van der Waals surface area contributed by atoms with Gasteiger partial charge in [0, 0.05) is 19.3 Å². The third-order valence-corrected chi connectivity index (χ3v) is 2.96. The van der Waals surface area contributed by atoms with Crippen molar-refractivity contribution in [3.8, 4) is 11.4 Å². The molecule has 0 fully saturated rings. The second kappa shape index (κ2) is 5.66. The van der Waals surface area contributed by atoms with Crippen molar-refractivity contribution < 1.29 is 5.11 Å². The second-order valence-corrected chi connectivity index (χ2v) is 4.38. The van der Waals surface area contributed by atoms with E-state index in [-0.39, 0.29) is 6.61 Å². The van der Waals surface area contributed by atoms with Crippen molar-refractivity contribution in [3.63, 3.8) is 0 Å². The van der Waals surface area contributed by atoms with E-state index in [9.17, 15) is 0 Å². The maximum Gasteiger partial charge on any atom is 0.139 e. The summed E-state index contributed by atoms with van der Waals surface area (Å²) in [5.41, 5.74) is 2.46. The lowest BCUT2D eigenvalue weighted by atomic mass is 10.2. The summed E-state index contributed by atoms with van der Waals surface area (Å²) in [4.78, 5) is 4.53. The van der Waals surface area contributed by atoms with Crippen molar-refractivity contribution in [1.29, 1.82) is 0 Å². The molecule has 0 saturated heterocycles. The van der Waals surface area contributed by atoms with Crippen LogP contribution in [0.4, 0.5) is 5.82 Å². The fourth-order valence-corrected chi connectivity index (χ4v) is 1.99. The Hall–Kier alpha value is -2.47. The number of aromatic nitrogens is 4. The summed E-state index contributed by atoms with van der Waals surface area (Å²) in [6, 6.07) is 11.6. The van der Waals surface area contributed by atoms with Crippen molar-refractivity contribution in [1.82, 2.24) is 19.8 Å². The molecule has 3 rings (SSSR count). The molecule has 102 valence electrons. The van der Waals surface area contributed by atoms with Crippen LogP contribution >= 0.6 is 0 Å². The van der Waals surface area contributed by atoms with Crippen LogP contribution in [-0.2, 0) is 0 Å². The van der Waals surface area contributed by atoms with Crippen molar-refractivity contribution in [2.45, 2.75) is 6.42 Å². The van der Waals surface area contributed by atoms with Crippen molar-refractivity contribution in [2.75, 3.05) is 18.5 Å². The summed E-state index contributed by atoms with van der Waals surface area (Å²) in [5.74, 6) is 0.771. The number of anilines is 1. The van der Waals surface area contributed by atoms with Gasteiger partial charge in [0.15, 0.2) is 0 Å². The smallest absolute Gasteiger partial charge is 0.139 e. The van der Waals surface area contributed by atoms with Gasteiger partial charge >= 0.3 is 0 Å². The Morgan fingerprint density at radius 2 is 2.10 bits per heavy atom. The lowest BCUT2D eigenvalue weighted by molar-refractivity contribution is 0.292. The summed E-state index contributed by atoms with van der Waals surface area (Å²) in [6.07, 6.45) is 2.55. The molecule has 0 bridgehead atoms. The molecule has 3 heterocycles. The molecule has 20 heavy (non-hydrogen) atoms. The Kier molecular flexibility index (Phi) is 3.56. The largest absolute Gasteiger partial charge is 0.396 e. The Morgan fingerprint density at radius 1 is 1.15 bits per heavy atom. The summed E-state index contributed by atoms with van der Waals surface area (Å²) in [6.45, 7) is 0.859. The van der Waals surface area contributed by atoms with Crippen LogP contribution in [0.5, 0.6) is 0 Å². The molecule has 6 heteroatoms. The highest BCUT2D eigenvalue weighted by Crippen LogP contribution is 2.21. The van der Waals surface area contributed by atoms with Gasteiger partial charge < -0.3 is 10.4 Å². The lowest BCUT2D eigenvalue weighted by Gasteiger charge is -2.05. The van der Waals surface area contributed by atoms with Crippen molar-refractivity contribution >= 4 is 11.3 Å². The average molecular weight is 269 g/mol. The number of hydrogen-bond donors (Lipinski definition) is 2. The van der Waals surface area contributed by atoms with Crippen LogP contribution in [0.15, 0.2) is 42.6 Å². The number of aliphatic hydroxyl groups excluding tert-OH is 1. The van der Waals surface area contributed by atoms with Gasteiger partial charge in [-0.25, -0.2) is 9.50 Å². The molecule has 3 aromatic heterocycles. The summed E-state index contributed by atoms with van der Waals surface area (Å²) in [7, 11) is 0. The third kappa shape index (κ3) is 2.46. The minimum atomic E-state index is 0.169. The molecule has 0 aliphatic heterocycles. The number of nitrogens with zero attached hydrogens (tertiary/aromatic N) is 4. The fourth-order valence-electron chi connectivity index (χ4n) is 1.99. The Bertz CT molecular complexity index is 709. The first kappa shape index (κ1) is 12.6. The van der Waals surface area contributed by atoms with Crippen molar-refractivity contribution in [2.24, 2.45) is 0 Å². The monoisotopic (exact) mass is 269 g/mol. The van der Waals surface area contributed by atoms with E-state index in [0.29, 0.717) is 13.0 Å². The van der Waals surface area contributed by atoms with Gasteiger partial charge in [-0.2, -0.15) is 0 Å². The van der Waals surface area contributed by atoms with Gasteiger partial charge in [0.2, 0.25) is 0 Å². The quantitative estimate of drug-likeness (QED) is 0.688. The zero-order chi connectivity index (χ0) is 13.8. The molecule has 3 aromatic rings. The number of aliphatic hydroxyl groups is 1. The first-order valence-electron chi connectivity index (χ1n) is 6.51. The van der Waals surface area contributed by atoms with Gasteiger partial charge in [0.25, 0.3) is 0 Å². The first-order valence-corrected chi connectivity index (χ1v) is 6.51. The summed E-state index contributed by atoms with van der Waals surface area (Å²) in [5, 5.41) is 20.2. The third-order valence-electron chi connectivity index (χ3n) is 2.96. The van der Waals surface area contributed by atoms with Gasteiger partial charge in [0.05, 0.1) is 11.2 Å². The Labute approximate surface area is 116 Å². The maximum atomic E-state index is 8.79. The van der Waals surface area contributed by atoms with Crippen LogP contribution in [0.25, 0.3) is 16.9 Å². The molecule has 0 radical (unpaired) electrons. The molecular weight excluding hydrogens is 254 g/mol. The van der Waals surface area contributed by atoms with E-state index >= 15 is 0 Å². The number of pyridine rings is 2. The molecule has 0 amide bonds. The molecule has 0 aliphatic carbocycles. The van der Waals surface area contributed by atoms with E-state index in [1.54, 1.807) is 4.52 Å². The van der Waals surface area contributed by atoms with Gasteiger partial charge in [-0.05, 0) is 30.7 Å². The van der Waals surface area contributed by atoms with Crippen LogP contribution in [0.1, 0.15) is 6.42 Å². The minimum absolute atomic E-state index is 0.169. The standard InChI is InChI=1S/C14H15N5O/c20-10-4-8-15-13-7-3-5-11(16-13)14-12-6-1-2-9-19(12)18-17-14/h1-3,5-7,9,20H,4,8,10H2,(H,15,16). The molecule has 0 saturated carbocycles. The second-order valence-electron chi connectivity index (χ2n) is 4.38. The lowest BCUT2D eigenvalue weighted by Crippen LogP contribution is -2.05. The highest BCUT2D eigenvalue weighted by atomic mass is 16.3. The summed E-state index contributed by atoms with van der Waals surface area (Å²) < 4.78 is 1.73. The van der Waals surface area contributed by atoms with Crippen LogP contribution < -0.4 is 5.32 Å². The molecule has 2 N–H and O–H groups in total. The molecule has 0 aromatic carbocycles. The molecule has 6 nitrogen and oxygen atoms in total. The van der Waals surface area contributed by atoms with Gasteiger partial charge in [-0.1, -0.05) is 17.3 Å². The molecular formula is C14H15N5O. The number of fused-ring (bicyclic) bond motifs is 1. The molecule has 0 unspecified atom stereocenters. The zero-order valence-corrected chi connectivity index (χ0v) is 10.9.